The SMILES string of the molecule is CC(C)(C)OC(=O)NCCSCCF. The van der Waals surface area contributed by atoms with E-state index in [0.717, 1.165) is 0 Å². The van der Waals surface area contributed by atoms with Crippen molar-refractivity contribution in [3.63, 3.8) is 0 Å². The fourth-order valence-corrected chi connectivity index (χ4v) is 1.26. The molecule has 0 aromatic heterocycles. The molecule has 0 heterocycles. The van der Waals surface area contributed by atoms with Crippen molar-refractivity contribution in [2.45, 2.75) is 26.4 Å². The van der Waals surface area contributed by atoms with E-state index in [1.807, 2.05) is 20.8 Å². The van der Waals surface area contributed by atoms with Gasteiger partial charge in [-0.15, -0.1) is 0 Å². The summed E-state index contributed by atoms with van der Waals surface area (Å²) in [5, 5.41) is 2.59. The van der Waals surface area contributed by atoms with Crippen LogP contribution in [0.5, 0.6) is 0 Å². The summed E-state index contributed by atoms with van der Waals surface area (Å²) in [6.45, 7) is 5.62. The number of amides is 1. The third-order valence-electron chi connectivity index (χ3n) is 1.14. The highest BCUT2D eigenvalue weighted by atomic mass is 32.2. The number of ether oxygens (including phenoxy) is 1. The number of nitrogens with one attached hydrogen (secondary N) is 1. The monoisotopic (exact) mass is 223 g/mol. The van der Waals surface area contributed by atoms with Crippen molar-refractivity contribution in [1.82, 2.24) is 5.32 Å². The third kappa shape index (κ3) is 9.64. The maximum atomic E-state index is 11.7. The first-order valence-corrected chi connectivity index (χ1v) is 5.72. The number of carbonyl (C=O) groups excluding carboxylic acids is 1. The summed E-state index contributed by atoms with van der Waals surface area (Å²) in [5.74, 6) is 1.19. The van der Waals surface area contributed by atoms with Crippen LogP contribution >= 0.6 is 11.8 Å². The number of alkyl carbamates (subject to hydrolysis) is 1. The van der Waals surface area contributed by atoms with Crippen LogP contribution in [0.25, 0.3) is 0 Å². The Kier molecular flexibility index (Phi) is 6.70. The van der Waals surface area contributed by atoms with E-state index in [4.69, 9.17) is 4.74 Å². The number of halogens is 1. The molecule has 1 N–H and O–H groups in total. The Hall–Kier alpha value is -0.450. The molecule has 0 unspecified atom stereocenters. The number of carbonyl (C=O) groups is 1. The van der Waals surface area contributed by atoms with Gasteiger partial charge in [0.05, 0.1) is 6.67 Å². The van der Waals surface area contributed by atoms with E-state index in [-0.39, 0.29) is 6.67 Å². The Morgan fingerprint density at radius 3 is 2.57 bits per heavy atom. The lowest BCUT2D eigenvalue weighted by Crippen LogP contribution is -2.33. The molecular formula is C9H18FNO2S. The first kappa shape index (κ1) is 13.5. The predicted molar refractivity (Wildman–Crippen MR) is 57.5 cm³/mol. The minimum atomic E-state index is -0.462. The molecule has 0 aliphatic heterocycles. The largest absolute Gasteiger partial charge is 0.444 e. The van der Waals surface area contributed by atoms with Gasteiger partial charge < -0.3 is 10.1 Å². The summed E-state index contributed by atoms with van der Waals surface area (Å²) in [7, 11) is 0. The van der Waals surface area contributed by atoms with E-state index in [9.17, 15) is 9.18 Å². The number of hydrogen-bond acceptors (Lipinski definition) is 3. The minimum Gasteiger partial charge on any atom is -0.444 e. The van der Waals surface area contributed by atoms with Crippen LogP contribution < -0.4 is 5.32 Å². The van der Waals surface area contributed by atoms with E-state index in [1.165, 1.54) is 11.8 Å². The van der Waals surface area contributed by atoms with Crippen LogP contribution in [0.1, 0.15) is 20.8 Å². The molecular weight excluding hydrogens is 205 g/mol. The Morgan fingerprint density at radius 2 is 2.07 bits per heavy atom. The second kappa shape index (κ2) is 6.92. The molecule has 0 saturated heterocycles. The highest BCUT2D eigenvalue weighted by molar-refractivity contribution is 7.99. The lowest BCUT2D eigenvalue weighted by molar-refractivity contribution is 0.0531. The number of thioether (sulfide) groups is 1. The van der Waals surface area contributed by atoms with Crippen LogP contribution in [-0.4, -0.2) is 36.4 Å². The van der Waals surface area contributed by atoms with Gasteiger partial charge in [-0.05, 0) is 20.8 Å². The van der Waals surface area contributed by atoms with Crippen LogP contribution in [0.2, 0.25) is 0 Å². The first-order valence-electron chi connectivity index (χ1n) is 4.56. The smallest absolute Gasteiger partial charge is 0.407 e. The standard InChI is InChI=1S/C9H18FNO2S/c1-9(2,3)13-8(12)11-5-7-14-6-4-10/h4-7H2,1-3H3,(H,11,12). The van der Waals surface area contributed by atoms with Gasteiger partial charge in [-0.1, -0.05) is 0 Å². The molecule has 0 bridgehead atoms. The molecule has 0 rings (SSSR count). The average Bonchev–Trinajstić information content (AvgIpc) is 2.00. The Morgan fingerprint density at radius 1 is 1.43 bits per heavy atom. The zero-order valence-corrected chi connectivity index (χ0v) is 9.75. The Labute approximate surface area is 88.8 Å². The lowest BCUT2D eigenvalue weighted by Gasteiger charge is -2.19. The van der Waals surface area contributed by atoms with Gasteiger partial charge in [0.15, 0.2) is 0 Å². The van der Waals surface area contributed by atoms with Crippen molar-refractivity contribution < 1.29 is 13.9 Å². The highest BCUT2D eigenvalue weighted by Gasteiger charge is 2.15. The zero-order valence-electron chi connectivity index (χ0n) is 8.93. The van der Waals surface area contributed by atoms with Gasteiger partial charge in [0.1, 0.15) is 5.60 Å². The summed E-state index contributed by atoms with van der Waals surface area (Å²) < 4.78 is 16.7. The van der Waals surface area contributed by atoms with Crippen LogP contribution in [0.15, 0.2) is 0 Å². The van der Waals surface area contributed by atoms with Crippen molar-refractivity contribution in [3.8, 4) is 0 Å². The van der Waals surface area contributed by atoms with Crippen LogP contribution in [0.3, 0.4) is 0 Å². The van der Waals surface area contributed by atoms with Gasteiger partial charge in [0.2, 0.25) is 0 Å². The molecule has 0 saturated carbocycles. The molecule has 0 aliphatic rings. The van der Waals surface area contributed by atoms with Gasteiger partial charge >= 0.3 is 6.09 Å². The molecule has 0 radical (unpaired) electrons. The first-order chi connectivity index (χ1) is 6.45. The fourth-order valence-electron chi connectivity index (χ4n) is 0.696. The highest BCUT2D eigenvalue weighted by Crippen LogP contribution is 2.06. The summed E-state index contributed by atoms with van der Waals surface area (Å²) in [6.07, 6.45) is -0.418. The average molecular weight is 223 g/mol. The predicted octanol–water partition coefficient (Wildman–Crippen LogP) is 2.21. The number of rotatable bonds is 5. The van der Waals surface area contributed by atoms with Crippen molar-refractivity contribution in [2.24, 2.45) is 0 Å². The normalized spacial score (nSPS) is 11.1. The van der Waals surface area contributed by atoms with E-state index in [0.29, 0.717) is 18.1 Å². The molecule has 0 aliphatic carbocycles. The van der Waals surface area contributed by atoms with E-state index < -0.39 is 11.7 Å². The summed E-state index contributed by atoms with van der Waals surface area (Å²) in [4.78, 5) is 11.1. The van der Waals surface area contributed by atoms with Gasteiger partial charge in [-0.2, -0.15) is 11.8 Å². The van der Waals surface area contributed by atoms with Crippen LogP contribution in [0.4, 0.5) is 9.18 Å². The molecule has 3 nitrogen and oxygen atoms in total. The molecule has 0 atom stereocenters. The Bertz CT molecular complexity index is 171. The van der Waals surface area contributed by atoms with Crippen molar-refractivity contribution in [2.75, 3.05) is 24.7 Å². The van der Waals surface area contributed by atoms with Gasteiger partial charge in [0.25, 0.3) is 0 Å². The zero-order chi connectivity index (χ0) is 11.0. The summed E-state index contributed by atoms with van der Waals surface area (Å²) >= 11 is 1.47. The molecule has 14 heavy (non-hydrogen) atoms. The molecule has 5 heteroatoms. The molecule has 84 valence electrons. The number of alkyl halides is 1. The molecule has 0 aromatic carbocycles. The van der Waals surface area contributed by atoms with Gasteiger partial charge in [-0.25, -0.2) is 4.79 Å². The van der Waals surface area contributed by atoms with Gasteiger partial charge in [0, 0.05) is 18.1 Å². The van der Waals surface area contributed by atoms with Crippen molar-refractivity contribution in [1.29, 1.82) is 0 Å². The maximum absolute atomic E-state index is 11.7. The van der Waals surface area contributed by atoms with Gasteiger partial charge in [-0.3, -0.25) is 4.39 Å². The number of hydrogen-bond donors (Lipinski definition) is 1. The minimum absolute atomic E-state index is 0.322. The topological polar surface area (TPSA) is 38.3 Å². The second-order valence-electron chi connectivity index (χ2n) is 3.73. The van der Waals surface area contributed by atoms with Crippen molar-refractivity contribution >= 4 is 17.9 Å². The van der Waals surface area contributed by atoms with Crippen LogP contribution in [0, 0.1) is 0 Å². The van der Waals surface area contributed by atoms with E-state index in [1.54, 1.807) is 0 Å². The van der Waals surface area contributed by atoms with Crippen molar-refractivity contribution in [3.05, 3.63) is 0 Å². The fraction of sp³-hybridized carbons (Fsp3) is 0.889. The maximum Gasteiger partial charge on any atom is 0.407 e. The molecule has 0 aromatic rings. The quantitative estimate of drug-likeness (QED) is 0.726. The summed E-state index contributed by atoms with van der Waals surface area (Å²) in [6, 6.07) is 0. The van der Waals surface area contributed by atoms with Crippen LogP contribution in [-0.2, 0) is 4.74 Å². The van der Waals surface area contributed by atoms with E-state index in [2.05, 4.69) is 5.32 Å². The molecule has 1 amide bonds. The van der Waals surface area contributed by atoms with E-state index >= 15 is 0 Å². The second-order valence-corrected chi connectivity index (χ2v) is 4.95. The Balaban J connectivity index is 3.36. The molecule has 0 spiro atoms. The third-order valence-corrected chi connectivity index (χ3v) is 2.07. The lowest BCUT2D eigenvalue weighted by atomic mass is 10.2. The summed E-state index contributed by atoms with van der Waals surface area (Å²) in [5.41, 5.74) is -0.462. The molecule has 0 fully saturated rings.